The normalized spacial score (nSPS) is 11.0. The average molecular weight is 385 g/mol. The summed E-state index contributed by atoms with van der Waals surface area (Å²) in [6.45, 7) is 0.769. The number of aromatic hydroxyl groups is 2. The Bertz CT molecular complexity index is 985. The first kappa shape index (κ1) is 18.5. The molecule has 0 fully saturated rings. The van der Waals surface area contributed by atoms with E-state index in [1.54, 1.807) is 23.0 Å². The largest absolute Gasteiger partial charge is 0.504 e. The molecular formula is C19H17ClN4O3. The molecule has 0 unspecified atom stereocenters. The molecule has 1 heterocycles. The number of hydrogen-bond donors (Lipinski definition) is 3. The molecule has 3 rings (SSSR count). The highest BCUT2D eigenvalue weighted by molar-refractivity contribution is 6.30. The molecule has 0 saturated carbocycles. The Kier molecular flexibility index (Phi) is 5.73. The first-order valence-electron chi connectivity index (χ1n) is 8.11. The van der Waals surface area contributed by atoms with Crippen molar-refractivity contribution >= 4 is 23.6 Å². The molecule has 0 aliphatic carbocycles. The van der Waals surface area contributed by atoms with Gasteiger partial charge in [0.05, 0.1) is 19.3 Å². The Hall–Kier alpha value is -3.32. The van der Waals surface area contributed by atoms with Gasteiger partial charge in [-0.3, -0.25) is 4.79 Å². The van der Waals surface area contributed by atoms with Gasteiger partial charge in [-0.05, 0) is 41.5 Å². The minimum atomic E-state index is -0.313. The topological polar surface area (TPSA) is 100 Å². The summed E-state index contributed by atoms with van der Waals surface area (Å²) in [6.07, 6.45) is 4.62. The zero-order valence-electron chi connectivity index (χ0n) is 14.2. The molecule has 1 amide bonds. The van der Waals surface area contributed by atoms with Gasteiger partial charge < -0.3 is 15.5 Å². The van der Waals surface area contributed by atoms with Crippen molar-refractivity contribution < 1.29 is 15.0 Å². The van der Waals surface area contributed by atoms with Crippen LogP contribution < -0.4 is 5.32 Å². The Morgan fingerprint density at radius 2 is 2.04 bits per heavy atom. The van der Waals surface area contributed by atoms with Gasteiger partial charge in [-0.1, -0.05) is 35.0 Å². The first-order valence-corrected chi connectivity index (χ1v) is 8.49. The van der Waals surface area contributed by atoms with Gasteiger partial charge in [0.25, 0.3) is 0 Å². The van der Waals surface area contributed by atoms with Gasteiger partial charge in [0.2, 0.25) is 5.91 Å². The van der Waals surface area contributed by atoms with Crippen molar-refractivity contribution in [2.75, 3.05) is 0 Å². The van der Waals surface area contributed by atoms with E-state index in [0.717, 1.165) is 5.56 Å². The van der Waals surface area contributed by atoms with Crippen LogP contribution in [0.1, 0.15) is 16.8 Å². The van der Waals surface area contributed by atoms with E-state index in [9.17, 15) is 15.0 Å². The first-order chi connectivity index (χ1) is 13.0. The second kappa shape index (κ2) is 8.37. The number of phenolic OH excluding ortho intramolecular Hbond substituents is 2. The SMILES string of the molecule is O=C(/C=C/c1ccc(O)c(O)c1)NCc1cn(Cc2cccc(Cl)c2)nn1. The molecule has 8 heteroatoms. The fourth-order valence-electron chi connectivity index (χ4n) is 2.37. The van der Waals surface area contributed by atoms with E-state index in [-0.39, 0.29) is 24.0 Å². The third kappa shape index (κ3) is 5.32. The Balaban J connectivity index is 1.52. The number of nitrogens with one attached hydrogen (secondary N) is 1. The molecule has 3 aromatic rings. The van der Waals surface area contributed by atoms with Gasteiger partial charge in [0.1, 0.15) is 5.69 Å². The summed E-state index contributed by atoms with van der Waals surface area (Å²) >= 11 is 5.97. The number of aromatic nitrogens is 3. The summed E-state index contributed by atoms with van der Waals surface area (Å²) in [7, 11) is 0. The van der Waals surface area contributed by atoms with Crippen LogP contribution in [0.4, 0.5) is 0 Å². The van der Waals surface area contributed by atoms with Crippen LogP contribution in [0.2, 0.25) is 5.02 Å². The number of rotatable bonds is 6. The summed E-state index contributed by atoms with van der Waals surface area (Å²) in [5, 5.41) is 30.1. The van der Waals surface area contributed by atoms with Crippen molar-refractivity contribution in [3.63, 3.8) is 0 Å². The molecule has 7 nitrogen and oxygen atoms in total. The van der Waals surface area contributed by atoms with Crippen molar-refractivity contribution in [3.05, 3.63) is 76.6 Å². The second-order valence-electron chi connectivity index (χ2n) is 5.84. The third-order valence-electron chi connectivity index (χ3n) is 3.69. The Morgan fingerprint density at radius 1 is 1.19 bits per heavy atom. The lowest BCUT2D eigenvalue weighted by molar-refractivity contribution is -0.116. The van der Waals surface area contributed by atoms with Gasteiger partial charge in [0.15, 0.2) is 11.5 Å². The predicted octanol–water partition coefficient (Wildman–Crippen LogP) is 2.72. The van der Waals surface area contributed by atoms with Crippen molar-refractivity contribution in [1.82, 2.24) is 20.3 Å². The number of benzene rings is 2. The van der Waals surface area contributed by atoms with Crippen LogP contribution in [0.25, 0.3) is 6.08 Å². The van der Waals surface area contributed by atoms with Crippen molar-refractivity contribution in [1.29, 1.82) is 0 Å². The van der Waals surface area contributed by atoms with Crippen LogP contribution in [0.3, 0.4) is 0 Å². The summed E-state index contributed by atoms with van der Waals surface area (Å²) in [5.74, 6) is -0.765. The van der Waals surface area contributed by atoms with Crippen LogP contribution in [-0.2, 0) is 17.9 Å². The standard InChI is InChI=1S/C19H17ClN4O3/c20-15-3-1-2-14(8-15)11-24-12-16(22-23-24)10-21-19(27)7-5-13-4-6-17(25)18(26)9-13/h1-9,12,25-26H,10-11H2,(H,21,27)/b7-5+. The molecule has 0 atom stereocenters. The number of amides is 1. The van der Waals surface area contributed by atoms with Crippen LogP contribution in [-0.4, -0.2) is 31.1 Å². The Morgan fingerprint density at radius 3 is 2.81 bits per heavy atom. The molecular weight excluding hydrogens is 368 g/mol. The summed E-state index contributed by atoms with van der Waals surface area (Å²) in [6, 6.07) is 11.8. The lowest BCUT2D eigenvalue weighted by Gasteiger charge is -2.01. The lowest BCUT2D eigenvalue weighted by Crippen LogP contribution is -2.20. The minimum absolute atomic E-state index is 0.211. The molecule has 2 aromatic carbocycles. The van der Waals surface area contributed by atoms with Gasteiger partial charge in [-0.25, -0.2) is 4.68 Å². The van der Waals surface area contributed by atoms with Crippen molar-refractivity contribution in [3.8, 4) is 11.5 Å². The molecule has 0 radical (unpaired) electrons. The summed E-state index contributed by atoms with van der Waals surface area (Å²) < 4.78 is 1.67. The monoisotopic (exact) mass is 384 g/mol. The maximum Gasteiger partial charge on any atom is 0.244 e. The molecule has 0 saturated heterocycles. The highest BCUT2D eigenvalue weighted by atomic mass is 35.5. The van der Waals surface area contributed by atoms with Crippen molar-refractivity contribution in [2.45, 2.75) is 13.1 Å². The number of halogens is 1. The van der Waals surface area contributed by atoms with Crippen LogP contribution in [0.15, 0.2) is 54.7 Å². The molecule has 0 aliphatic heterocycles. The fourth-order valence-corrected chi connectivity index (χ4v) is 2.58. The Labute approximate surface area is 160 Å². The quantitative estimate of drug-likeness (QED) is 0.448. The highest BCUT2D eigenvalue weighted by Gasteiger charge is 2.04. The number of phenols is 2. The zero-order chi connectivity index (χ0) is 19.2. The van der Waals surface area contributed by atoms with E-state index < -0.39 is 0 Å². The molecule has 1 aromatic heterocycles. The van der Waals surface area contributed by atoms with E-state index in [1.807, 2.05) is 18.2 Å². The number of nitrogens with zero attached hydrogens (tertiary/aromatic N) is 3. The second-order valence-corrected chi connectivity index (χ2v) is 6.27. The van der Waals surface area contributed by atoms with Gasteiger partial charge >= 0.3 is 0 Å². The molecule has 138 valence electrons. The molecule has 3 N–H and O–H groups in total. The molecule has 0 bridgehead atoms. The van der Waals surface area contributed by atoms with Gasteiger partial charge in [-0.15, -0.1) is 5.10 Å². The van der Waals surface area contributed by atoms with E-state index in [1.165, 1.54) is 24.3 Å². The number of carbonyl (C=O) groups is 1. The maximum absolute atomic E-state index is 11.9. The van der Waals surface area contributed by atoms with E-state index in [0.29, 0.717) is 22.8 Å². The third-order valence-corrected chi connectivity index (χ3v) is 3.93. The smallest absolute Gasteiger partial charge is 0.244 e. The molecule has 0 spiro atoms. The van der Waals surface area contributed by atoms with Crippen LogP contribution >= 0.6 is 11.6 Å². The minimum Gasteiger partial charge on any atom is -0.504 e. The van der Waals surface area contributed by atoms with Crippen LogP contribution in [0.5, 0.6) is 11.5 Å². The summed E-state index contributed by atoms with van der Waals surface area (Å²) in [4.78, 5) is 11.9. The summed E-state index contributed by atoms with van der Waals surface area (Å²) in [5.41, 5.74) is 2.22. The fraction of sp³-hybridized carbons (Fsp3) is 0.105. The number of carbonyl (C=O) groups excluding carboxylic acids is 1. The van der Waals surface area contributed by atoms with Crippen molar-refractivity contribution in [2.24, 2.45) is 0 Å². The predicted molar refractivity (Wildman–Crippen MR) is 101 cm³/mol. The van der Waals surface area contributed by atoms with E-state index in [4.69, 9.17) is 11.6 Å². The molecule has 27 heavy (non-hydrogen) atoms. The molecule has 0 aliphatic rings. The lowest BCUT2D eigenvalue weighted by atomic mass is 10.2. The number of hydrogen-bond acceptors (Lipinski definition) is 5. The van der Waals surface area contributed by atoms with E-state index >= 15 is 0 Å². The van der Waals surface area contributed by atoms with Gasteiger partial charge in [0, 0.05) is 11.1 Å². The highest BCUT2D eigenvalue weighted by Crippen LogP contribution is 2.25. The van der Waals surface area contributed by atoms with Gasteiger partial charge in [-0.2, -0.15) is 0 Å². The maximum atomic E-state index is 11.9. The zero-order valence-corrected chi connectivity index (χ0v) is 15.0. The average Bonchev–Trinajstić information content (AvgIpc) is 3.08. The van der Waals surface area contributed by atoms with Crippen LogP contribution in [0, 0.1) is 0 Å². The van der Waals surface area contributed by atoms with E-state index in [2.05, 4.69) is 15.6 Å².